The van der Waals surface area contributed by atoms with Gasteiger partial charge in [-0.2, -0.15) is 10.1 Å². The van der Waals surface area contributed by atoms with Gasteiger partial charge in [0.15, 0.2) is 0 Å². The Kier molecular flexibility index (Phi) is 3.90. The van der Waals surface area contributed by atoms with Gasteiger partial charge in [0, 0.05) is 17.8 Å². The van der Waals surface area contributed by atoms with Gasteiger partial charge < -0.3 is 10.4 Å². The Balaban J connectivity index is 1.51. The number of carbonyl (C=O) groups is 1. The molecule has 0 radical (unpaired) electrons. The van der Waals surface area contributed by atoms with Crippen molar-refractivity contribution in [1.29, 1.82) is 0 Å². The lowest BCUT2D eigenvalue weighted by Gasteiger charge is -2.33. The number of hydrogen-bond donors (Lipinski definition) is 3. The fourth-order valence-corrected chi connectivity index (χ4v) is 4.82. The second-order valence-electron chi connectivity index (χ2n) is 7.60. The van der Waals surface area contributed by atoms with E-state index in [9.17, 15) is 9.90 Å². The fourth-order valence-electron chi connectivity index (χ4n) is 4.36. The molecule has 3 N–H and O–H groups in total. The molecule has 0 bridgehead atoms. The Hall–Kier alpha value is -2.13. The van der Waals surface area contributed by atoms with Crippen LogP contribution in [0.1, 0.15) is 44.1 Å². The first kappa shape index (κ1) is 17.0. The normalized spacial score (nSPS) is 25.7. The number of thioether (sulfide) groups is 1. The monoisotopic (exact) mass is 386 g/mol. The van der Waals surface area contributed by atoms with Crippen molar-refractivity contribution in [3.8, 4) is 0 Å². The average Bonchev–Trinajstić information content (AvgIpc) is 3.28. The topological polar surface area (TPSA) is 107 Å². The first-order valence-electron chi connectivity index (χ1n) is 9.36. The van der Waals surface area contributed by atoms with Crippen LogP contribution in [0, 0.1) is 0 Å². The molecule has 1 amide bonds. The van der Waals surface area contributed by atoms with E-state index in [2.05, 4.69) is 20.5 Å². The summed E-state index contributed by atoms with van der Waals surface area (Å²) in [5.74, 6) is 1.30. The summed E-state index contributed by atoms with van der Waals surface area (Å²) in [5, 5.41) is 21.2. The number of fused-ring (bicyclic) bond motifs is 2. The number of anilines is 3. The van der Waals surface area contributed by atoms with E-state index in [0.717, 1.165) is 48.4 Å². The number of amides is 1. The Bertz CT molecular complexity index is 896. The molecule has 0 aromatic carbocycles. The molecule has 0 saturated heterocycles. The highest BCUT2D eigenvalue weighted by molar-refractivity contribution is 7.98. The van der Waals surface area contributed by atoms with Crippen LogP contribution in [0.5, 0.6) is 0 Å². The van der Waals surface area contributed by atoms with Crippen LogP contribution < -0.4 is 10.2 Å². The number of nitrogens with one attached hydrogen (secondary N) is 2. The third kappa shape index (κ3) is 2.63. The van der Waals surface area contributed by atoms with Crippen molar-refractivity contribution < 1.29 is 9.90 Å². The minimum absolute atomic E-state index is 0.0124. The highest BCUT2D eigenvalue weighted by Gasteiger charge is 2.61. The third-order valence-electron chi connectivity index (χ3n) is 5.93. The van der Waals surface area contributed by atoms with E-state index in [-0.39, 0.29) is 18.1 Å². The highest BCUT2D eigenvalue weighted by Crippen LogP contribution is 2.57. The summed E-state index contributed by atoms with van der Waals surface area (Å²) < 4.78 is 0. The number of H-pyrrole nitrogens is 1. The van der Waals surface area contributed by atoms with Gasteiger partial charge >= 0.3 is 0 Å². The van der Waals surface area contributed by atoms with Crippen molar-refractivity contribution >= 4 is 35.1 Å². The summed E-state index contributed by atoms with van der Waals surface area (Å²) in [5.41, 5.74) is 1.33. The van der Waals surface area contributed by atoms with Crippen molar-refractivity contribution in [1.82, 2.24) is 20.2 Å². The second-order valence-corrected chi connectivity index (χ2v) is 8.42. The molecule has 2 atom stereocenters. The van der Waals surface area contributed by atoms with Crippen LogP contribution in [0.15, 0.2) is 17.4 Å². The van der Waals surface area contributed by atoms with Crippen LogP contribution in [0.25, 0.3) is 0 Å². The van der Waals surface area contributed by atoms with Crippen LogP contribution in [0.4, 0.5) is 17.5 Å². The highest BCUT2D eigenvalue weighted by atomic mass is 32.2. The molecule has 1 spiro atoms. The molecule has 27 heavy (non-hydrogen) atoms. The van der Waals surface area contributed by atoms with Gasteiger partial charge in [-0.05, 0) is 44.8 Å². The minimum atomic E-state index is -0.420. The van der Waals surface area contributed by atoms with E-state index in [4.69, 9.17) is 4.98 Å². The first-order valence-corrected chi connectivity index (χ1v) is 10.6. The van der Waals surface area contributed by atoms with Gasteiger partial charge in [0.1, 0.15) is 10.8 Å². The molecular weight excluding hydrogens is 364 g/mol. The Labute approximate surface area is 161 Å². The summed E-state index contributed by atoms with van der Waals surface area (Å²) in [6.45, 7) is 0. The largest absolute Gasteiger partial charge is 0.393 e. The van der Waals surface area contributed by atoms with Gasteiger partial charge in [0.25, 0.3) is 0 Å². The van der Waals surface area contributed by atoms with Gasteiger partial charge in [-0.25, -0.2) is 4.98 Å². The van der Waals surface area contributed by atoms with Crippen molar-refractivity contribution in [2.75, 3.05) is 16.5 Å². The Morgan fingerprint density at radius 3 is 2.96 bits per heavy atom. The lowest BCUT2D eigenvalue weighted by molar-refractivity contribution is -0.121. The number of nitrogens with zero attached hydrogens (tertiary/aromatic N) is 4. The van der Waals surface area contributed by atoms with Crippen LogP contribution in [-0.2, 0) is 10.2 Å². The third-order valence-corrected chi connectivity index (χ3v) is 6.65. The standard InChI is InChI=1S/C18H22N6O2S/c1-27-15-13(9-20-23-15)21-17-19-8-12-14(22-17)24(16(26)18(12)5-6-18)10-3-2-4-11(25)7-10/h8-11,25H,2-7H2,1H3,(H,20,23)(H,19,21,22)/t10-,11-/m1/s1. The lowest BCUT2D eigenvalue weighted by atomic mass is 9.92. The molecule has 1 aliphatic heterocycles. The van der Waals surface area contributed by atoms with Crippen molar-refractivity contribution in [3.63, 3.8) is 0 Å². The molecule has 9 heteroatoms. The molecule has 3 aliphatic rings. The number of hydrogen-bond acceptors (Lipinski definition) is 7. The fraction of sp³-hybridized carbons (Fsp3) is 0.556. The smallest absolute Gasteiger partial charge is 0.239 e. The van der Waals surface area contributed by atoms with Crippen LogP contribution in [-0.4, -0.2) is 49.6 Å². The number of carbonyl (C=O) groups excluding carboxylic acids is 1. The molecule has 2 saturated carbocycles. The maximum absolute atomic E-state index is 13.2. The van der Waals surface area contributed by atoms with Crippen molar-refractivity contribution in [3.05, 3.63) is 18.0 Å². The van der Waals surface area contributed by atoms with Crippen LogP contribution >= 0.6 is 11.8 Å². The maximum Gasteiger partial charge on any atom is 0.239 e. The number of rotatable bonds is 4. The molecular formula is C18H22N6O2S. The van der Waals surface area contributed by atoms with Gasteiger partial charge in [-0.3, -0.25) is 14.8 Å². The maximum atomic E-state index is 13.2. The van der Waals surface area contributed by atoms with Gasteiger partial charge in [-0.1, -0.05) is 0 Å². The molecule has 142 valence electrons. The quantitative estimate of drug-likeness (QED) is 0.692. The van der Waals surface area contributed by atoms with E-state index < -0.39 is 5.41 Å². The molecule has 2 aromatic heterocycles. The molecule has 5 rings (SSSR count). The zero-order valence-electron chi connectivity index (χ0n) is 15.1. The zero-order chi connectivity index (χ0) is 18.6. The summed E-state index contributed by atoms with van der Waals surface area (Å²) in [7, 11) is 0. The SMILES string of the molecule is CSc1[nH]ncc1Nc1ncc2c(n1)N([C@@H]1CCC[C@@H](O)C1)C(=O)C21CC1. The molecule has 2 aromatic rings. The van der Waals surface area contributed by atoms with Gasteiger partial charge in [0.2, 0.25) is 11.9 Å². The molecule has 0 unspecified atom stereocenters. The number of aliphatic hydroxyl groups is 1. The predicted molar refractivity (Wildman–Crippen MR) is 102 cm³/mol. The van der Waals surface area contributed by atoms with Crippen LogP contribution in [0.3, 0.4) is 0 Å². The first-order chi connectivity index (χ1) is 13.1. The number of aromatic nitrogens is 4. The summed E-state index contributed by atoms with van der Waals surface area (Å²) in [6, 6.07) is 0.0124. The minimum Gasteiger partial charge on any atom is -0.393 e. The van der Waals surface area contributed by atoms with Gasteiger partial charge in [-0.15, -0.1) is 11.8 Å². The van der Waals surface area contributed by atoms with Gasteiger partial charge in [0.05, 0.1) is 23.4 Å². The predicted octanol–water partition coefficient (Wildman–Crippen LogP) is 2.35. The molecule has 2 aliphatic carbocycles. The Morgan fingerprint density at radius 2 is 2.22 bits per heavy atom. The Morgan fingerprint density at radius 1 is 1.37 bits per heavy atom. The summed E-state index contributed by atoms with van der Waals surface area (Å²) >= 11 is 1.55. The molecule has 3 heterocycles. The lowest BCUT2D eigenvalue weighted by Crippen LogP contribution is -2.44. The molecule has 2 fully saturated rings. The van der Waals surface area contributed by atoms with Crippen molar-refractivity contribution in [2.24, 2.45) is 0 Å². The van der Waals surface area contributed by atoms with E-state index in [0.29, 0.717) is 18.2 Å². The summed E-state index contributed by atoms with van der Waals surface area (Å²) in [6.07, 6.45) is 10.1. The number of aliphatic hydroxyl groups excluding tert-OH is 1. The van der Waals surface area contributed by atoms with E-state index in [1.165, 1.54) is 0 Å². The zero-order valence-corrected chi connectivity index (χ0v) is 15.9. The average molecular weight is 386 g/mol. The van der Waals surface area contributed by atoms with E-state index in [1.54, 1.807) is 24.2 Å². The van der Waals surface area contributed by atoms with E-state index in [1.807, 2.05) is 11.2 Å². The van der Waals surface area contributed by atoms with E-state index >= 15 is 0 Å². The van der Waals surface area contributed by atoms with Crippen molar-refractivity contribution in [2.45, 2.75) is 61.1 Å². The molecule has 8 nitrogen and oxygen atoms in total. The second kappa shape index (κ2) is 6.20. The van der Waals surface area contributed by atoms with Crippen LogP contribution in [0.2, 0.25) is 0 Å². The number of aromatic amines is 1. The summed E-state index contributed by atoms with van der Waals surface area (Å²) in [4.78, 5) is 24.3.